The number of anilines is 1. The molecule has 0 atom stereocenters. The predicted octanol–water partition coefficient (Wildman–Crippen LogP) is 4.11. The number of pyridine rings is 1. The van der Waals surface area contributed by atoms with Crippen LogP contribution < -0.4 is 10.6 Å². The number of carbonyl (C=O) groups is 1. The molecule has 0 spiro atoms. The van der Waals surface area contributed by atoms with Crippen LogP contribution in [-0.4, -0.2) is 17.4 Å². The molecule has 0 aliphatic rings. The van der Waals surface area contributed by atoms with Gasteiger partial charge in [0.15, 0.2) is 0 Å². The van der Waals surface area contributed by atoms with Crippen LogP contribution in [0.15, 0.2) is 66.9 Å². The van der Waals surface area contributed by atoms with Crippen molar-refractivity contribution < 1.29 is 9.18 Å². The molecule has 0 bridgehead atoms. The summed E-state index contributed by atoms with van der Waals surface area (Å²) in [5, 5.41) is 6.10. The Kier molecular flexibility index (Phi) is 6.15. The Morgan fingerprint density at radius 1 is 1.04 bits per heavy atom. The molecule has 5 heteroatoms. The van der Waals surface area contributed by atoms with Gasteiger partial charge in [-0.15, -0.1) is 0 Å². The lowest BCUT2D eigenvalue weighted by molar-refractivity contribution is 0.0954. The smallest absolute Gasteiger partial charge is 0.252 e. The summed E-state index contributed by atoms with van der Waals surface area (Å²) in [6.07, 6.45) is 2.21. The number of nitrogens with zero attached hydrogens (tertiary/aromatic N) is 1. The summed E-state index contributed by atoms with van der Waals surface area (Å²) in [4.78, 5) is 16.5. The van der Waals surface area contributed by atoms with Gasteiger partial charge in [-0.1, -0.05) is 42.0 Å². The fourth-order valence-electron chi connectivity index (χ4n) is 2.72. The first-order valence-electron chi connectivity index (χ1n) is 8.88. The second-order valence-corrected chi connectivity index (χ2v) is 6.41. The lowest BCUT2D eigenvalue weighted by atomic mass is 10.1. The molecule has 0 aliphatic heterocycles. The Bertz CT molecular complexity index is 892. The van der Waals surface area contributed by atoms with Crippen molar-refractivity contribution in [2.45, 2.75) is 19.9 Å². The first-order valence-corrected chi connectivity index (χ1v) is 8.88. The largest absolute Gasteiger partial charge is 0.366 e. The number of rotatable bonds is 7. The van der Waals surface area contributed by atoms with E-state index in [0.717, 1.165) is 11.4 Å². The number of nitrogens with one attached hydrogen (secondary N) is 2. The zero-order chi connectivity index (χ0) is 19.1. The molecular weight excluding hydrogens is 341 g/mol. The van der Waals surface area contributed by atoms with Crippen molar-refractivity contribution in [1.29, 1.82) is 0 Å². The Labute approximate surface area is 158 Å². The van der Waals surface area contributed by atoms with E-state index in [1.54, 1.807) is 30.5 Å². The number of amides is 1. The summed E-state index contributed by atoms with van der Waals surface area (Å²) in [7, 11) is 0. The minimum atomic E-state index is -0.259. The van der Waals surface area contributed by atoms with Crippen LogP contribution in [0.25, 0.3) is 0 Å². The quantitative estimate of drug-likeness (QED) is 0.664. The summed E-state index contributed by atoms with van der Waals surface area (Å²) < 4.78 is 12.9. The average Bonchev–Trinajstić information content (AvgIpc) is 2.68. The van der Waals surface area contributed by atoms with Gasteiger partial charge in [-0.3, -0.25) is 4.79 Å². The van der Waals surface area contributed by atoms with E-state index in [1.165, 1.54) is 23.3 Å². The molecule has 0 fully saturated rings. The third-order valence-corrected chi connectivity index (χ3v) is 4.19. The summed E-state index contributed by atoms with van der Waals surface area (Å²) in [5.74, 6) is 0.291. The first-order chi connectivity index (χ1) is 13.1. The molecule has 0 unspecified atom stereocenters. The van der Waals surface area contributed by atoms with Gasteiger partial charge in [0.05, 0.1) is 5.56 Å². The second-order valence-electron chi connectivity index (χ2n) is 6.41. The maximum atomic E-state index is 12.9. The van der Waals surface area contributed by atoms with Crippen molar-refractivity contribution in [3.05, 3.63) is 94.9 Å². The topological polar surface area (TPSA) is 54.0 Å². The molecule has 2 aromatic carbocycles. The highest BCUT2D eigenvalue weighted by molar-refractivity contribution is 5.94. The van der Waals surface area contributed by atoms with E-state index in [4.69, 9.17) is 0 Å². The number of halogens is 1. The molecule has 0 saturated heterocycles. The monoisotopic (exact) mass is 363 g/mol. The van der Waals surface area contributed by atoms with Crippen molar-refractivity contribution in [2.75, 3.05) is 11.9 Å². The van der Waals surface area contributed by atoms with Crippen molar-refractivity contribution in [3.8, 4) is 0 Å². The minimum absolute atomic E-state index is 0.171. The predicted molar refractivity (Wildman–Crippen MR) is 105 cm³/mol. The zero-order valence-electron chi connectivity index (χ0n) is 15.2. The molecule has 1 heterocycles. The van der Waals surface area contributed by atoms with E-state index in [2.05, 4.69) is 40.7 Å². The number of carbonyl (C=O) groups excluding carboxylic acids is 1. The van der Waals surface area contributed by atoms with Gasteiger partial charge in [-0.2, -0.15) is 0 Å². The van der Waals surface area contributed by atoms with Crippen molar-refractivity contribution >= 4 is 11.7 Å². The fraction of sp³-hybridized carbons (Fsp3) is 0.182. The molecule has 1 amide bonds. The van der Waals surface area contributed by atoms with Crippen molar-refractivity contribution in [2.24, 2.45) is 0 Å². The molecule has 1 aromatic heterocycles. The normalized spacial score (nSPS) is 10.4. The molecule has 0 saturated carbocycles. The Morgan fingerprint density at radius 2 is 1.85 bits per heavy atom. The van der Waals surface area contributed by atoms with E-state index in [1.807, 2.05) is 6.07 Å². The molecule has 3 aromatic rings. The van der Waals surface area contributed by atoms with Gasteiger partial charge >= 0.3 is 0 Å². The second kappa shape index (κ2) is 8.94. The van der Waals surface area contributed by atoms with Crippen LogP contribution >= 0.6 is 0 Å². The maximum Gasteiger partial charge on any atom is 0.252 e. The number of aromatic nitrogens is 1. The third-order valence-electron chi connectivity index (χ3n) is 4.19. The highest BCUT2D eigenvalue weighted by Crippen LogP contribution is 2.09. The van der Waals surface area contributed by atoms with Crippen LogP contribution in [0.5, 0.6) is 0 Å². The molecule has 2 N–H and O–H groups in total. The molecular formula is C22H22FN3O. The lowest BCUT2D eigenvalue weighted by Gasteiger charge is -2.08. The zero-order valence-corrected chi connectivity index (χ0v) is 15.2. The molecule has 0 aliphatic carbocycles. The van der Waals surface area contributed by atoms with Crippen LogP contribution in [-0.2, 0) is 13.0 Å². The fourth-order valence-corrected chi connectivity index (χ4v) is 2.72. The highest BCUT2D eigenvalue weighted by atomic mass is 19.1. The van der Waals surface area contributed by atoms with Crippen LogP contribution in [0, 0.1) is 12.7 Å². The van der Waals surface area contributed by atoms with Gasteiger partial charge in [0.25, 0.3) is 5.91 Å². The Morgan fingerprint density at radius 3 is 2.56 bits per heavy atom. The van der Waals surface area contributed by atoms with Crippen molar-refractivity contribution in [1.82, 2.24) is 10.3 Å². The van der Waals surface area contributed by atoms with E-state index in [9.17, 15) is 9.18 Å². The summed E-state index contributed by atoms with van der Waals surface area (Å²) >= 11 is 0. The summed E-state index contributed by atoms with van der Waals surface area (Å²) in [5.41, 5.74) is 3.88. The number of hydrogen-bond donors (Lipinski definition) is 2. The van der Waals surface area contributed by atoms with Crippen molar-refractivity contribution in [3.63, 3.8) is 0 Å². The highest BCUT2D eigenvalue weighted by Gasteiger charge is 2.06. The minimum Gasteiger partial charge on any atom is -0.366 e. The standard InChI is InChI=1S/C22H22FN3O/c1-16-3-2-4-18(13-16)14-25-21-10-7-19(15-26-21)22(27)24-12-11-17-5-8-20(23)9-6-17/h2-10,13,15H,11-12,14H2,1H3,(H,24,27)(H,25,26). The number of benzene rings is 2. The third kappa shape index (κ3) is 5.64. The van der Waals surface area contributed by atoms with Gasteiger partial charge in [-0.25, -0.2) is 9.37 Å². The Balaban J connectivity index is 1.47. The van der Waals surface area contributed by atoms with Gasteiger partial charge in [0, 0.05) is 19.3 Å². The van der Waals surface area contributed by atoms with E-state index in [0.29, 0.717) is 25.1 Å². The van der Waals surface area contributed by atoms with E-state index >= 15 is 0 Å². The van der Waals surface area contributed by atoms with Crippen LogP contribution in [0.2, 0.25) is 0 Å². The molecule has 27 heavy (non-hydrogen) atoms. The van der Waals surface area contributed by atoms with Gasteiger partial charge in [-0.05, 0) is 48.7 Å². The first kappa shape index (κ1) is 18.6. The maximum absolute atomic E-state index is 12.9. The number of hydrogen-bond acceptors (Lipinski definition) is 3. The molecule has 138 valence electrons. The lowest BCUT2D eigenvalue weighted by Crippen LogP contribution is -2.25. The average molecular weight is 363 g/mol. The van der Waals surface area contributed by atoms with Gasteiger partial charge < -0.3 is 10.6 Å². The molecule has 3 rings (SSSR count). The Hall–Kier alpha value is -3.21. The molecule has 0 radical (unpaired) electrons. The summed E-state index contributed by atoms with van der Waals surface area (Å²) in [6, 6.07) is 18.1. The molecule has 4 nitrogen and oxygen atoms in total. The summed E-state index contributed by atoms with van der Waals surface area (Å²) in [6.45, 7) is 3.22. The van der Waals surface area contributed by atoms with Crippen LogP contribution in [0.3, 0.4) is 0 Å². The van der Waals surface area contributed by atoms with E-state index in [-0.39, 0.29) is 11.7 Å². The van der Waals surface area contributed by atoms with Gasteiger partial charge in [0.2, 0.25) is 0 Å². The van der Waals surface area contributed by atoms with Gasteiger partial charge in [0.1, 0.15) is 11.6 Å². The van der Waals surface area contributed by atoms with Crippen LogP contribution in [0.1, 0.15) is 27.0 Å². The SMILES string of the molecule is Cc1cccc(CNc2ccc(C(=O)NCCc3ccc(F)cc3)cn2)c1. The number of aryl methyl sites for hydroxylation is 1. The van der Waals surface area contributed by atoms with E-state index < -0.39 is 0 Å². The van der Waals surface area contributed by atoms with Crippen LogP contribution in [0.4, 0.5) is 10.2 Å².